The van der Waals surface area contributed by atoms with Gasteiger partial charge in [-0.05, 0) is 6.07 Å². The molecule has 8 nitrogen and oxygen atoms in total. The Morgan fingerprint density at radius 2 is 1.89 bits per heavy atom. The second-order valence-corrected chi connectivity index (χ2v) is 6.15. The molecule has 28 heavy (non-hydrogen) atoms. The summed E-state index contributed by atoms with van der Waals surface area (Å²) in [7, 11) is 1.78. The standard InChI is InChI=1S/C19H19N7O.H2S/c1-12(14-3-5-21-15-4-6-27-18(14)15)8-22-17-7-16(25-11-26-17)13-9-23-19(20-2)24-10-13;/h3-7,9-12H,8H2,1-2H3,(H,20,23,24)(H,22,25,26);1H2/t12-;/m1./s1. The van der Waals surface area contributed by atoms with E-state index >= 15 is 0 Å². The van der Waals surface area contributed by atoms with Gasteiger partial charge in [0.1, 0.15) is 17.7 Å². The van der Waals surface area contributed by atoms with Crippen molar-refractivity contribution in [2.45, 2.75) is 12.8 Å². The largest absolute Gasteiger partial charge is 0.462 e. The first kappa shape index (κ1) is 19.6. The summed E-state index contributed by atoms with van der Waals surface area (Å²) in [6, 6.07) is 5.75. The number of anilines is 2. The van der Waals surface area contributed by atoms with Crippen LogP contribution in [0.25, 0.3) is 22.4 Å². The minimum Gasteiger partial charge on any atom is -0.462 e. The van der Waals surface area contributed by atoms with Gasteiger partial charge in [0.2, 0.25) is 5.95 Å². The average molecular weight is 395 g/mol. The number of pyridine rings is 1. The molecule has 0 aromatic carbocycles. The van der Waals surface area contributed by atoms with Crippen LogP contribution in [0.5, 0.6) is 0 Å². The summed E-state index contributed by atoms with van der Waals surface area (Å²) >= 11 is 0. The minimum atomic E-state index is 0. The fourth-order valence-electron chi connectivity index (χ4n) is 2.85. The average Bonchev–Trinajstić information content (AvgIpc) is 3.21. The van der Waals surface area contributed by atoms with Crippen molar-refractivity contribution < 1.29 is 4.42 Å². The van der Waals surface area contributed by atoms with Gasteiger partial charge in [0.15, 0.2) is 5.58 Å². The van der Waals surface area contributed by atoms with Crippen molar-refractivity contribution in [3.05, 3.63) is 54.9 Å². The lowest BCUT2D eigenvalue weighted by Crippen LogP contribution is -2.11. The lowest BCUT2D eigenvalue weighted by Gasteiger charge is -2.14. The van der Waals surface area contributed by atoms with Gasteiger partial charge in [0.05, 0.1) is 12.0 Å². The van der Waals surface area contributed by atoms with Gasteiger partial charge < -0.3 is 15.1 Å². The zero-order valence-electron chi connectivity index (χ0n) is 15.5. The zero-order valence-corrected chi connectivity index (χ0v) is 16.5. The Morgan fingerprint density at radius 3 is 2.68 bits per heavy atom. The molecule has 1 atom stereocenters. The normalized spacial score (nSPS) is 11.6. The van der Waals surface area contributed by atoms with Crippen LogP contribution in [0.1, 0.15) is 18.4 Å². The Morgan fingerprint density at radius 1 is 1.07 bits per heavy atom. The number of rotatable bonds is 6. The molecule has 4 heterocycles. The first-order chi connectivity index (χ1) is 13.2. The molecular formula is C19H21N7OS. The predicted molar refractivity (Wildman–Crippen MR) is 114 cm³/mol. The zero-order chi connectivity index (χ0) is 18.6. The maximum absolute atomic E-state index is 5.58. The maximum Gasteiger partial charge on any atom is 0.222 e. The number of aromatic nitrogens is 5. The second kappa shape index (κ2) is 8.66. The Labute approximate surface area is 169 Å². The van der Waals surface area contributed by atoms with Crippen LogP contribution in [-0.2, 0) is 0 Å². The van der Waals surface area contributed by atoms with Crippen LogP contribution in [0.4, 0.5) is 11.8 Å². The SMILES string of the molecule is CNc1ncc(-c2cc(NC[C@@H](C)c3ccnc4ccoc34)ncn2)cn1.S. The van der Waals surface area contributed by atoms with Gasteiger partial charge in [-0.3, -0.25) is 4.98 Å². The molecule has 0 radical (unpaired) electrons. The van der Waals surface area contributed by atoms with Gasteiger partial charge in [-0.25, -0.2) is 19.9 Å². The summed E-state index contributed by atoms with van der Waals surface area (Å²) in [5, 5.41) is 6.26. The molecule has 0 saturated heterocycles. The van der Waals surface area contributed by atoms with Crippen LogP contribution in [-0.4, -0.2) is 38.5 Å². The van der Waals surface area contributed by atoms with E-state index in [4.69, 9.17) is 4.42 Å². The lowest BCUT2D eigenvalue weighted by atomic mass is 10.0. The van der Waals surface area contributed by atoms with Gasteiger partial charge in [-0.15, -0.1) is 0 Å². The molecular weight excluding hydrogens is 374 g/mol. The van der Waals surface area contributed by atoms with E-state index in [9.17, 15) is 0 Å². The monoisotopic (exact) mass is 395 g/mol. The number of hydrogen-bond donors (Lipinski definition) is 2. The summed E-state index contributed by atoms with van der Waals surface area (Å²) in [5.41, 5.74) is 4.41. The first-order valence-corrected chi connectivity index (χ1v) is 8.63. The minimum absolute atomic E-state index is 0. The molecule has 0 fully saturated rings. The topological polar surface area (TPSA) is 102 Å². The maximum atomic E-state index is 5.58. The predicted octanol–water partition coefficient (Wildman–Crippen LogP) is 3.44. The van der Waals surface area contributed by atoms with E-state index < -0.39 is 0 Å². The van der Waals surface area contributed by atoms with E-state index in [1.807, 2.05) is 18.2 Å². The van der Waals surface area contributed by atoms with Crippen molar-refractivity contribution in [2.24, 2.45) is 0 Å². The van der Waals surface area contributed by atoms with Crippen molar-refractivity contribution in [2.75, 3.05) is 24.2 Å². The Kier molecular flexibility index (Phi) is 6.05. The third-order valence-corrected chi connectivity index (χ3v) is 4.33. The van der Waals surface area contributed by atoms with Gasteiger partial charge in [-0.1, -0.05) is 6.92 Å². The third kappa shape index (κ3) is 4.04. The van der Waals surface area contributed by atoms with E-state index in [-0.39, 0.29) is 19.4 Å². The Hall–Kier alpha value is -3.20. The summed E-state index contributed by atoms with van der Waals surface area (Å²) in [4.78, 5) is 21.4. The highest BCUT2D eigenvalue weighted by Crippen LogP contribution is 2.25. The van der Waals surface area contributed by atoms with Crippen LogP contribution < -0.4 is 10.6 Å². The van der Waals surface area contributed by atoms with E-state index in [2.05, 4.69) is 42.5 Å². The van der Waals surface area contributed by atoms with E-state index in [1.165, 1.54) is 6.33 Å². The summed E-state index contributed by atoms with van der Waals surface area (Å²) in [6.45, 7) is 2.84. The molecule has 0 unspecified atom stereocenters. The quantitative estimate of drug-likeness (QED) is 0.512. The van der Waals surface area contributed by atoms with Crippen LogP contribution in [0.2, 0.25) is 0 Å². The molecule has 0 amide bonds. The van der Waals surface area contributed by atoms with Crippen LogP contribution in [0, 0.1) is 0 Å². The van der Waals surface area contributed by atoms with Crippen molar-refractivity contribution in [1.82, 2.24) is 24.9 Å². The van der Waals surface area contributed by atoms with Crippen molar-refractivity contribution in [3.8, 4) is 11.3 Å². The van der Waals surface area contributed by atoms with Gasteiger partial charge in [0, 0.05) is 61.4 Å². The Bertz CT molecular complexity index is 1050. The first-order valence-electron chi connectivity index (χ1n) is 8.63. The van der Waals surface area contributed by atoms with Gasteiger partial charge in [-0.2, -0.15) is 13.5 Å². The third-order valence-electron chi connectivity index (χ3n) is 4.33. The smallest absolute Gasteiger partial charge is 0.222 e. The molecule has 4 aromatic heterocycles. The van der Waals surface area contributed by atoms with E-state index in [0.29, 0.717) is 12.5 Å². The highest BCUT2D eigenvalue weighted by Gasteiger charge is 2.13. The van der Waals surface area contributed by atoms with Crippen molar-refractivity contribution in [1.29, 1.82) is 0 Å². The summed E-state index contributed by atoms with van der Waals surface area (Å²) < 4.78 is 5.58. The number of fused-ring (bicyclic) bond motifs is 1. The molecule has 0 bridgehead atoms. The number of hydrogen-bond acceptors (Lipinski definition) is 8. The fourth-order valence-corrected chi connectivity index (χ4v) is 2.85. The molecule has 9 heteroatoms. The second-order valence-electron chi connectivity index (χ2n) is 6.15. The summed E-state index contributed by atoms with van der Waals surface area (Å²) in [6.07, 6.45) is 8.47. The van der Waals surface area contributed by atoms with Crippen LogP contribution >= 0.6 is 13.5 Å². The molecule has 2 N–H and O–H groups in total. The van der Waals surface area contributed by atoms with Crippen molar-refractivity contribution >= 4 is 36.4 Å². The van der Waals surface area contributed by atoms with E-state index in [1.54, 1.807) is 31.9 Å². The lowest BCUT2D eigenvalue weighted by molar-refractivity contribution is 0.605. The van der Waals surface area contributed by atoms with Crippen LogP contribution in [0.3, 0.4) is 0 Å². The Balaban J connectivity index is 0.00000225. The highest BCUT2D eigenvalue weighted by atomic mass is 32.1. The highest BCUT2D eigenvalue weighted by molar-refractivity contribution is 7.59. The van der Waals surface area contributed by atoms with Crippen LogP contribution in [0.15, 0.2) is 53.8 Å². The van der Waals surface area contributed by atoms with E-state index in [0.717, 1.165) is 33.7 Å². The molecule has 144 valence electrons. The molecule has 4 aromatic rings. The number of nitrogens with zero attached hydrogens (tertiary/aromatic N) is 5. The summed E-state index contributed by atoms with van der Waals surface area (Å²) in [5.74, 6) is 1.54. The molecule has 4 rings (SSSR count). The molecule has 0 spiro atoms. The molecule has 0 aliphatic rings. The van der Waals surface area contributed by atoms with Crippen molar-refractivity contribution in [3.63, 3.8) is 0 Å². The molecule has 0 saturated carbocycles. The molecule has 0 aliphatic carbocycles. The fraction of sp³-hybridized carbons (Fsp3) is 0.211. The number of nitrogens with one attached hydrogen (secondary N) is 2. The number of furan rings is 1. The molecule has 0 aliphatic heterocycles. The van der Waals surface area contributed by atoms with Gasteiger partial charge in [0.25, 0.3) is 0 Å². The van der Waals surface area contributed by atoms with Gasteiger partial charge >= 0.3 is 0 Å².